The minimum Gasteiger partial charge on any atom is -0.463 e. The van der Waals surface area contributed by atoms with Gasteiger partial charge in [-0.1, -0.05) is 30.3 Å². The molecule has 0 aliphatic carbocycles. The molecule has 0 aromatic heterocycles. The lowest BCUT2D eigenvalue weighted by molar-refractivity contribution is -0.138. The van der Waals surface area contributed by atoms with E-state index in [0.29, 0.717) is 18.5 Å². The first-order chi connectivity index (χ1) is 10.7. The van der Waals surface area contributed by atoms with Crippen molar-refractivity contribution in [2.45, 2.75) is 25.8 Å². The normalized spacial score (nSPS) is 18.4. The molecule has 1 heterocycles. The molecule has 1 fully saturated rings. The number of hydrogen-bond donors (Lipinski definition) is 1. The van der Waals surface area contributed by atoms with Crippen LogP contribution in [0.2, 0.25) is 0 Å². The Balaban J connectivity index is 2.20. The monoisotopic (exact) mass is 303 g/mol. The number of carbonyl (C=O) groups excluding carboxylic acids is 2. The van der Waals surface area contributed by atoms with Gasteiger partial charge >= 0.3 is 5.97 Å². The number of rotatable bonds is 5. The van der Waals surface area contributed by atoms with Gasteiger partial charge in [0.25, 0.3) is 5.91 Å². The standard InChI is InChI=1S/C17H21NO4/c1-2-22-16(20)11-14-9-6-10-18(17(14)21)15(12-19)13-7-4-3-5-8-13/h3-5,7-8,11,15,19H,2,6,9-10,12H2,1H3/b14-11+/t15-/m0/s1. The largest absolute Gasteiger partial charge is 0.463 e. The Morgan fingerprint density at radius 2 is 2.14 bits per heavy atom. The van der Waals surface area contributed by atoms with Crippen molar-refractivity contribution < 1.29 is 19.4 Å². The summed E-state index contributed by atoms with van der Waals surface area (Å²) in [5.74, 6) is -0.699. The predicted molar refractivity (Wildman–Crippen MR) is 81.9 cm³/mol. The van der Waals surface area contributed by atoms with E-state index in [9.17, 15) is 14.7 Å². The fourth-order valence-corrected chi connectivity index (χ4v) is 2.65. The fraction of sp³-hybridized carbons (Fsp3) is 0.412. The van der Waals surface area contributed by atoms with E-state index in [4.69, 9.17) is 4.74 Å². The Bertz CT molecular complexity index is 553. The highest BCUT2D eigenvalue weighted by molar-refractivity contribution is 6.00. The second-order valence-electron chi connectivity index (χ2n) is 5.13. The molecule has 22 heavy (non-hydrogen) atoms. The van der Waals surface area contributed by atoms with Crippen LogP contribution in [-0.4, -0.2) is 41.6 Å². The van der Waals surface area contributed by atoms with Gasteiger partial charge in [0.1, 0.15) is 0 Å². The molecule has 1 aromatic carbocycles. The molecule has 0 bridgehead atoms. The maximum atomic E-state index is 12.6. The molecule has 1 atom stereocenters. The zero-order valence-corrected chi connectivity index (χ0v) is 12.7. The van der Waals surface area contributed by atoms with Crippen LogP contribution in [0.15, 0.2) is 42.0 Å². The number of hydrogen-bond acceptors (Lipinski definition) is 4. The van der Waals surface area contributed by atoms with Crippen LogP contribution < -0.4 is 0 Å². The first-order valence-corrected chi connectivity index (χ1v) is 7.51. The van der Waals surface area contributed by atoms with Crippen molar-refractivity contribution in [3.8, 4) is 0 Å². The number of nitrogens with zero attached hydrogens (tertiary/aromatic N) is 1. The maximum absolute atomic E-state index is 12.6. The van der Waals surface area contributed by atoms with Crippen molar-refractivity contribution in [2.24, 2.45) is 0 Å². The molecule has 118 valence electrons. The number of amides is 1. The summed E-state index contributed by atoms with van der Waals surface area (Å²) in [6, 6.07) is 9.03. The number of esters is 1. The molecule has 1 aromatic rings. The van der Waals surface area contributed by atoms with Gasteiger partial charge in [-0.3, -0.25) is 4.79 Å². The Hall–Kier alpha value is -2.14. The number of likely N-dealkylation sites (tertiary alicyclic amines) is 1. The first-order valence-electron chi connectivity index (χ1n) is 7.51. The predicted octanol–water partition coefficient (Wildman–Crippen LogP) is 1.83. The van der Waals surface area contributed by atoms with E-state index in [1.807, 2.05) is 30.3 Å². The van der Waals surface area contributed by atoms with Crippen molar-refractivity contribution in [1.29, 1.82) is 0 Å². The van der Waals surface area contributed by atoms with Gasteiger partial charge < -0.3 is 14.7 Å². The summed E-state index contributed by atoms with van der Waals surface area (Å²) in [6.07, 6.45) is 2.60. The molecule has 1 N–H and O–H groups in total. The molecule has 1 aliphatic heterocycles. The Kier molecular flexibility index (Phi) is 5.72. The van der Waals surface area contributed by atoms with Gasteiger partial charge in [-0.2, -0.15) is 0 Å². The minimum absolute atomic E-state index is 0.150. The van der Waals surface area contributed by atoms with Crippen LogP contribution in [0.25, 0.3) is 0 Å². The van der Waals surface area contributed by atoms with Gasteiger partial charge in [-0.15, -0.1) is 0 Å². The third-order valence-corrected chi connectivity index (χ3v) is 3.69. The van der Waals surface area contributed by atoms with Crippen LogP contribution in [0.3, 0.4) is 0 Å². The maximum Gasteiger partial charge on any atom is 0.331 e. The summed E-state index contributed by atoms with van der Waals surface area (Å²) in [4.78, 5) is 25.8. The number of aliphatic hydroxyl groups excluding tert-OH is 1. The first kappa shape index (κ1) is 16.2. The number of benzene rings is 1. The fourth-order valence-electron chi connectivity index (χ4n) is 2.65. The Labute approximate surface area is 130 Å². The number of ether oxygens (including phenoxy) is 1. The van der Waals surface area contributed by atoms with Gasteiger partial charge in [0, 0.05) is 18.2 Å². The quantitative estimate of drug-likeness (QED) is 0.666. The second-order valence-corrected chi connectivity index (χ2v) is 5.13. The molecule has 1 aliphatic rings. The van der Waals surface area contributed by atoms with E-state index in [1.54, 1.807) is 11.8 Å². The lowest BCUT2D eigenvalue weighted by atomic mass is 9.98. The van der Waals surface area contributed by atoms with Crippen LogP contribution in [0.1, 0.15) is 31.4 Å². The Morgan fingerprint density at radius 1 is 1.41 bits per heavy atom. The van der Waals surface area contributed by atoms with E-state index in [0.717, 1.165) is 12.0 Å². The summed E-state index contributed by atoms with van der Waals surface area (Å²) >= 11 is 0. The Morgan fingerprint density at radius 3 is 2.77 bits per heavy atom. The van der Waals surface area contributed by atoms with Crippen LogP contribution in [0.5, 0.6) is 0 Å². The molecule has 0 spiro atoms. The van der Waals surface area contributed by atoms with Crippen molar-refractivity contribution in [3.05, 3.63) is 47.5 Å². The van der Waals surface area contributed by atoms with E-state index >= 15 is 0 Å². The average Bonchev–Trinajstić information content (AvgIpc) is 2.53. The van der Waals surface area contributed by atoms with Gasteiger partial charge in [-0.05, 0) is 25.3 Å². The summed E-state index contributed by atoms with van der Waals surface area (Å²) < 4.78 is 4.86. The van der Waals surface area contributed by atoms with Crippen molar-refractivity contribution in [2.75, 3.05) is 19.8 Å². The molecule has 1 saturated heterocycles. The molecule has 5 heteroatoms. The molecular weight excluding hydrogens is 282 g/mol. The highest BCUT2D eigenvalue weighted by Crippen LogP contribution is 2.27. The minimum atomic E-state index is -0.493. The third-order valence-electron chi connectivity index (χ3n) is 3.69. The smallest absolute Gasteiger partial charge is 0.331 e. The van der Waals surface area contributed by atoms with E-state index in [-0.39, 0.29) is 25.2 Å². The molecular formula is C17H21NO4. The molecule has 1 amide bonds. The number of carbonyl (C=O) groups is 2. The van der Waals surface area contributed by atoms with Crippen LogP contribution in [-0.2, 0) is 14.3 Å². The van der Waals surface area contributed by atoms with Gasteiger partial charge in [0.05, 0.1) is 19.3 Å². The van der Waals surface area contributed by atoms with Crippen LogP contribution in [0, 0.1) is 0 Å². The average molecular weight is 303 g/mol. The molecule has 2 rings (SSSR count). The lowest BCUT2D eigenvalue weighted by Crippen LogP contribution is -2.41. The highest BCUT2D eigenvalue weighted by atomic mass is 16.5. The number of piperidine rings is 1. The van der Waals surface area contributed by atoms with Crippen molar-refractivity contribution in [3.63, 3.8) is 0 Å². The second kappa shape index (κ2) is 7.75. The third kappa shape index (κ3) is 3.74. The molecule has 0 unspecified atom stereocenters. The summed E-state index contributed by atoms with van der Waals surface area (Å²) in [7, 11) is 0. The van der Waals surface area contributed by atoms with Gasteiger partial charge in [0.2, 0.25) is 0 Å². The van der Waals surface area contributed by atoms with Crippen molar-refractivity contribution in [1.82, 2.24) is 4.90 Å². The summed E-state index contributed by atoms with van der Waals surface area (Å²) in [5.41, 5.74) is 1.33. The van der Waals surface area contributed by atoms with E-state index in [2.05, 4.69) is 0 Å². The van der Waals surface area contributed by atoms with Crippen molar-refractivity contribution >= 4 is 11.9 Å². The van der Waals surface area contributed by atoms with E-state index < -0.39 is 5.97 Å². The van der Waals surface area contributed by atoms with Gasteiger partial charge in [0.15, 0.2) is 0 Å². The lowest BCUT2D eigenvalue weighted by Gasteiger charge is -2.35. The number of aliphatic hydroxyl groups is 1. The highest BCUT2D eigenvalue weighted by Gasteiger charge is 2.30. The molecule has 0 radical (unpaired) electrons. The van der Waals surface area contributed by atoms with E-state index in [1.165, 1.54) is 6.08 Å². The summed E-state index contributed by atoms with van der Waals surface area (Å²) in [6.45, 7) is 2.42. The topological polar surface area (TPSA) is 66.8 Å². The summed E-state index contributed by atoms with van der Waals surface area (Å²) in [5, 5.41) is 9.70. The van der Waals surface area contributed by atoms with Crippen LogP contribution in [0.4, 0.5) is 0 Å². The molecule has 5 nitrogen and oxygen atoms in total. The van der Waals surface area contributed by atoms with Crippen LogP contribution >= 0.6 is 0 Å². The van der Waals surface area contributed by atoms with Gasteiger partial charge in [-0.25, -0.2) is 4.79 Å². The SMILES string of the molecule is CCOC(=O)/C=C1\CCCN([C@@H](CO)c2ccccc2)C1=O. The molecule has 0 saturated carbocycles. The zero-order valence-electron chi connectivity index (χ0n) is 12.7. The zero-order chi connectivity index (χ0) is 15.9.